The molecule has 2 aromatic rings. The van der Waals surface area contributed by atoms with E-state index >= 15 is 0 Å². The number of nitrogens with one attached hydrogen (secondary N) is 1. The van der Waals surface area contributed by atoms with Gasteiger partial charge in [-0.1, -0.05) is 6.07 Å². The highest BCUT2D eigenvalue weighted by Crippen LogP contribution is 2.25. The number of carbonyl (C=O) groups excluding carboxylic acids is 1. The maximum Gasteiger partial charge on any atom is 0.299 e. The van der Waals surface area contributed by atoms with Gasteiger partial charge in [0.05, 0.1) is 12.6 Å². The van der Waals surface area contributed by atoms with E-state index in [4.69, 9.17) is 0 Å². The molecule has 0 aliphatic rings. The van der Waals surface area contributed by atoms with Crippen molar-refractivity contribution >= 4 is 27.3 Å². The Kier molecular flexibility index (Phi) is 2.53. The first kappa shape index (κ1) is 10.8. The molecule has 1 N–H and O–H groups in total. The maximum atomic E-state index is 11.7. The molecule has 1 aromatic heterocycles. The van der Waals surface area contributed by atoms with Gasteiger partial charge in [-0.15, -0.1) is 0 Å². The molecule has 0 bridgehead atoms. The van der Waals surface area contributed by atoms with Crippen molar-refractivity contribution in [1.29, 1.82) is 0 Å². The lowest BCUT2D eigenvalue weighted by molar-refractivity contribution is 0.112. The summed E-state index contributed by atoms with van der Waals surface area (Å²) in [5.74, 6) is 0. The summed E-state index contributed by atoms with van der Waals surface area (Å²) in [6, 6.07) is 4.85. The molecule has 0 fully saturated rings. The average molecular weight is 239 g/mol. The third-order valence-electron chi connectivity index (χ3n) is 2.31. The third-order valence-corrected chi connectivity index (χ3v) is 3.69. The second kappa shape index (κ2) is 3.73. The van der Waals surface area contributed by atoms with Crippen LogP contribution in [0.5, 0.6) is 0 Å². The molecule has 2 rings (SSSR count). The number of benzene rings is 1. The highest BCUT2D eigenvalue weighted by Gasteiger charge is 2.22. The van der Waals surface area contributed by atoms with E-state index in [9.17, 15) is 13.2 Å². The molecule has 0 radical (unpaired) electrons. The largest absolute Gasteiger partial charge is 0.360 e. The zero-order chi connectivity index (χ0) is 11.8. The van der Waals surface area contributed by atoms with Crippen molar-refractivity contribution in [3.63, 3.8) is 0 Å². The topological polar surface area (TPSA) is 76.2 Å². The number of hydrogen-bond donors (Lipinski definition) is 1. The van der Waals surface area contributed by atoms with Gasteiger partial charge in [-0.25, -0.2) is 0 Å². The van der Waals surface area contributed by atoms with Gasteiger partial charge in [0.25, 0.3) is 10.1 Å². The Morgan fingerprint density at radius 2 is 2.06 bits per heavy atom. The van der Waals surface area contributed by atoms with Gasteiger partial charge >= 0.3 is 0 Å². The number of rotatable bonds is 3. The lowest BCUT2D eigenvalue weighted by atomic mass is 10.2. The summed E-state index contributed by atoms with van der Waals surface area (Å²) in [5.41, 5.74) is 0.461. The summed E-state index contributed by atoms with van der Waals surface area (Å²) in [5, 5.41) is 0.709. The normalized spacial score (nSPS) is 11.8. The van der Waals surface area contributed by atoms with Crippen LogP contribution in [0.4, 0.5) is 0 Å². The van der Waals surface area contributed by atoms with Crippen LogP contribution in [0, 0.1) is 0 Å². The molecule has 0 unspecified atom stereocenters. The van der Waals surface area contributed by atoms with E-state index in [0.717, 1.165) is 7.11 Å². The second-order valence-corrected chi connectivity index (χ2v) is 4.81. The molecule has 0 spiro atoms. The summed E-state index contributed by atoms with van der Waals surface area (Å²) in [7, 11) is -2.84. The van der Waals surface area contributed by atoms with Crippen molar-refractivity contribution in [3.05, 3.63) is 30.0 Å². The van der Waals surface area contributed by atoms with Crippen LogP contribution in [0.15, 0.2) is 29.3 Å². The molecule has 84 valence electrons. The monoisotopic (exact) mass is 239 g/mol. The number of fused-ring (bicyclic) bond motifs is 1. The molecule has 0 amide bonds. The molecule has 0 saturated carbocycles. The van der Waals surface area contributed by atoms with Crippen molar-refractivity contribution in [1.82, 2.24) is 4.98 Å². The van der Waals surface area contributed by atoms with Crippen LogP contribution in [-0.2, 0) is 14.3 Å². The van der Waals surface area contributed by atoms with E-state index in [1.165, 1.54) is 6.07 Å². The van der Waals surface area contributed by atoms with Crippen molar-refractivity contribution in [2.45, 2.75) is 4.90 Å². The standard InChI is InChI=1S/C10H9NO4S/c1-15-16(13,14)10-8(6-12)3-2-7-4-5-11-9(7)10/h2-6,11H,1H3. The Morgan fingerprint density at radius 3 is 2.69 bits per heavy atom. The van der Waals surface area contributed by atoms with Gasteiger partial charge in [-0.3, -0.25) is 8.98 Å². The van der Waals surface area contributed by atoms with Crippen LogP contribution in [0.3, 0.4) is 0 Å². The van der Waals surface area contributed by atoms with Crippen LogP contribution < -0.4 is 0 Å². The number of aldehydes is 1. The van der Waals surface area contributed by atoms with Crippen LogP contribution in [0.25, 0.3) is 10.9 Å². The molecule has 0 aliphatic carbocycles. The fraction of sp³-hybridized carbons (Fsp3) is 0.100. The van der Waals surface area contributed by atoms with Gasteiger partial charge in [0, 0.05) is 17.1 Å². The van der Waals surface area contributed by atoms with E-state index in [-0.39, 0.29) is 10.5 Å². The summed E-state index contributed by atoms with van der Waals surface area (Å²) in [6.45, 7) is 0. The zero-order valence-corrected chi connectivity index (χ0v) is 9.24. The smallest absolute Gasteiger partial charge is 0.299 e. The minimum Gasteiger partial charge on any atom is -0.360 e. The van der Waals surface area contributed by atoms with E-state index < -0.39 is 10.1 Å². The van der Waals surface area contributed by atoms with Gasteiger partial charge in [-0.05, 0) is 12.1 Å². The van der Waals surface area contributed by atoms with Crippen LogP contribution in [0.1, 0.15) is 10.4 Å². The van der Waals surface area contributed by atoms with Gasteiger partial charge in [-0.2, -0.15) is 8.42 Å². The van der Waals surface area contributed by atoms with Crippen molar-refractivity contribution in [2.24, 2.45) is 0 Å². The number of hydrogen-bond acceptors (Lipinski definition) is 4. The minimum atomic E-state index is -3.90. The second-order valence-electron chi connectivity index (χ2n) is 3.16. The highest BCUT2D eigenvalue weighted by molar-refractivity contribution is 7.87. The molecule has 6 heteroatoms. The molecule has 1 heterocycles. The number of carbonyl (C=O) groups is 1. The van der Waals surface area contributed by atoms with Crippen LogP contribution in [0.2, 0.25) is 0 Å². The fourth-order valence-corrected chi connectivity index (χ4v) is 2.56. The number of H-pyrrole nitrogens is 1. The Morgan fingerprint density at radius 1 is 1.31 bits per heavy atom. The van der Waals surface area contributed by atoms with Gasteiger partial charge in [0.15, 0.2) is 6.29 Å². The van der Waals surface area contributed by atoms with Crippen LogP contribution >= 0.6 is 0 Å². The number of aromatic amines is 1. The molecule has 16 heavy (non-hydrogen) atoms. The predicted molar refractivity (Wildman–Crippen MR) is 57.9 cm³/mol. The summed E-state index contributed by atoms with van der Waals surface area (Å²) in [6.07, 6.45) is 2.10. The van der Waals surface area contributed by atoms with Gasteiger partial charge < -0.3 is 4.98 Å². The van der Waals surface area contributed by atoms with E-state index in [1.807, 2.05) is 0 Å². The van der Waals surface area contributed by atoms with Gasteiger partial charge in [0.2, 0.25) is 0 Å². The van der Waals surface area contributed by atoms with E-state index in [2.05, 4.69) is 9.17 Å². The van der Waals surface area contributed by atoms with Crippen LogP contribution in [-0.4, -0.2) is 26.8 Å². The lowest BCUT2D eigenvalue weighted by Gasteiger charge is -2.05. The Hall–Kier alpha value is -1.66. The first-order valence-corrected chi connectivity index (χ1v) is 5.87. The molecule has 5 nitrogen and oxygen atoms in total. The molecule has 1 aromatic carbocycles. The van der Waals surface area contributed by atoms with Crippen molar-refractivity contribution in [3.8, 4) is 0 Å². The lowest BCUT2D eigenvalue weighted by Crippen LogP contribution is -2.07. The van der Waals surface area contributed by atoms with Gasteiger partial charge in [0.1, 0.15) is 4.90 Å². The third kappa shape index (κ3) is 1.52. The van der Waals surface area contributed by atoms with Crippen molar-refractivity contribution < 1.29 is 17.4 Å². The summed E-state index contributed by atoms with van der Waals surface area (Å²) < 4.78 is 27.8. The SMILES string of the molecule is COS(=O)(=O)c1c(C=O)ccc2cc[nH]c12. The Bertz CT molecular complexity index is 642. The van der Waals surface area contributed by atoms with Crippen molar-refractivity contribution in [2.75, 3.05) is 7.11 Å². The molecule has 0 saturated heterocycles. The molecular weight excluding hydrogens is 230 g/mol. The minimum absolute atomic E-state index is 0.0804. The first-order chi connectivity index (χ1) is 7.60. The number of aromatic nitrogens is 1. The fourth-order valence-electron chi connectivity index (χ4n) is 1.56. The average Bonchev–Trinajstić information content (AvgIpc) is 2.75. The predicted octanol–water partition coefficient (Wildman–Crippen LogP) is 1.32. The zero-order valence-electron chi connectivity index (χ0n) is 8.43. The molecular formula is C10H9NO4S. The van der Waals surface area contributed by atoms with E-state index in [0.29, 0.717) is 17.2 Å². The summed E-state index contributed by atoms with van der Waals surface area (Å²) in [4.78, 5) is 13.5. The Labute approximate surface area is 92.2 Å². The summed E-state index contributed by atoms with van der Waals surface area (Å²) >= 11 is 0. The maximum absolute atomic E-state index is 11.7. The molecule has 0 aliphatic heterocycles. The van der Waals surface area contributed by atoms with E-state index in [1.54, 1.807) is 18.3 Å². The first-order valence-electron chi connectivity index (χ1n) is 4.46. The molecule has 0 atom stereocenters. The highest BCUT2D eigenvalue weighted by atomic mass is 32.2. The Balaban J connectivity index is 2.92. The quantitative estimate of drug-likeness (QED) is 0.647.